The van der Waals surface area contributed by atoms with E-state index in [4.69, 9.17) is 0 Å². The number of carbonyl (C=O) groups is 1. The van der Waals surface area contributed by atoms with Gasteiger partial charge >= 0.3 is 0 Å². The second-order valence-corrected chi connectivity index (χ2v) is 6.61. The van der Waals surface area contributed by atoms with E-state index < -0.39 is 0 Å². The van der Waals surface area contributed by atoms with Crippen LogP contribution in [0.15, 0.2) is 24.4 Å². The normalized spacial score (nSPS) is 28.8. The zero-order valence-corrected chi connectivity index (χ0v) is 12.4. The summed E-state index contributed by atoms with van der Waals surface area (Å²) in [7, 11) is 0. The molecule has 1 N–H and O–H groups in total. The number of nitrogens with zero attached hydrogens (tertiary/aromatic N) is 2. The molecule has 1 amide bonds. The molecule has 0 unspecified atom stereocenters. The Morgan fingerprint density at radius 3 is 3.10 bits per heavy atom. The quantitative estimate of drug-likeness (QED) is 0.921. The molecule has 4 rings (SSSR count). The summed E-state index contributed by atoms with van der Waals surface area (Å²) in [6, 6.07) is 6.24. The zero-order valence-electron chi connectivity index (χ0n) is 12.4. The SMILES string of the molecule is C[C@@H]1C[C@@H]1C(=O)N1CCC[C@@H](c2cc3cccnc3[nH]2)C1. The van der Waals surface area contributed by atoms with Crippen LogP contribution < -0.4 is 0 Å². The van der Waals surface area contributed by atoms with Crippen molar-refractivity contribution in [3.8, 4) is 0 Å². The van der Waals surface area contributed by atoms with E-state index in [0.29, 0.717) is 23.7 Å². The minimum atomic E-state index is 0.299. The molecule has 0 aromatic carbocycles. The third-order valence-electron chi connectivity index (χ3n) is 5.01. The van der Waals surface area contributed by atoms with Crippen molar-refractivity contribution < 1.29 is 4.79 Å². The van der Waals surface area contributed by atoms with Crippen molar-refractivity contribution in [2.24, 2.45) is 11.8 Å². The van der Waals surface area contributed by atoms with E-state index in [9.17, 15) is 4.79 Å². The molecule has 1 aliphatic carbocycles. The highest BCUT2D eigenvalue weighted by molar-refractivity contribution is 5.82. The molecule has 110 valence electrons. The van der Waals surface area contributed by atoms with Gasteiger partial charge in [0.25, 0.3) is 0 Å². The van der Waals surface area contributed by atoms with E-state index in [2.05, 4.69) is 33.9 Å². The third kappa shape index (κ3) is 2.33. The lowest BCUT2D eigenvalue weighted by Gasteiger charge is -2.32. The topological polar surface area (TPSA) is 49.0 Å². The van der Waals surface area contributed by atoms with Crippen molar-refractivity contribution in [3.63, 3.8) is 0 Å². The molecule has 4 nitrogen and oxygen atoms in total. The average molecular weight is 283 g/mol. The monoisotopic (exact) mass is 283 g/mol. The van der Waals surface area contributed by atoms with Gasteiger partial charge < -0.3 is 9.88 Å². The predicted molar refractivity (Wildman–Crippen MR) is 81.9 cm³/mol. The van der Waals surface area contributed by atoms with Crippen molar-refractivity contribution in [2.75, 3.05) is 13.1 Å². The molecule has 0 bridgehead atoms. The molecule has 21 heavy (non-hydrogen) atoms. The maximum atomic E-state index is 12.4. The van der Waals surface area contributed by atoms with Crippen molar-refractivity contribution >= 4 is 16.9 Å². The predicted octanol–water partition coefficient (Wildman–Crippen LogP) is 2.92. The van der Waals surface area contributed by atoms with E-state index in [1.807, 2.05) is 12.3 Å². The summed E-state index contributed by atoms with van der Waals surface area (Å²) in [5.74, 6) is 1.69. The standard InChI is InChI=1S/C17H21N3O/c1-11-8-14(11)17(21)20-7-3-5-13(10-20)15-9-12-4-2-6-18-16(12)19-15/h2,4,6,9,11,13-14H,3,5,7-8,10H2,1H3,(H,18,19)/t11-,13-,14+/m1/s1. The number of hydrogen-bond acceptors (Lipinski definition) is 2. The summed E-state index contributed by atoms with van der Waals surface area (Å²) >= 11 is 0. The fraction of sp³-hybridized carbons (Fsp3) is 0.529. The highest BCUT2D eigenvalue weighted by Crippen LogP contribution is 2.40. The summed E-state index contributed by atoms with van der Waals surface area (Å²) in [6.45, 7) is 3.96. The van der Waals surface area contributed by atoms with Crippen LogP contribution in [0.4, 0.5) is 0 Å². The third-order valence-corrected chi connectivity index (χ3v) is 5.01. The number of rotatable bonds is 2. The second kappa shape index (κ2) is 4.86. The fourth-order valence-corrected chi connectivity index (χ4v) is 3.53. The smallest absolute Gasteiger partial charge is 0.225 e. The Kier molecular flexibility index (Phi) is 2.98. The van der Waals surface area contributed by atoms with Crippen LogP contribution in [0.2, 0.25) is 0 Å². The molecule has 2 aromatic rings. The molecule has 1 saturated carbocycles. The Balaban J connectivity index is 1.53. The van der Waals surface area contributed by atoms with Crippen LogP contribution in [0.3, 0.4) is 0 Å². The summed E-state index contributed by atoms with van der Waals surface area (Å²) in [5.41, 5.74) is 2.18. The minimum absolute atomic E-state index is 0.299. The number of amides is 1. The number of likely N-dealkylation sites (tertiary alicyclic amines) is 1. The molecule has 3 heterocycles. The van der Waals surface area contributed by atoms with E-state index in [1.165, 1.54) is 5.69 Å². The molecule has 0 radical (unpaired) electrons. The highest BCUT2D eigenvalue weighted by Gasteiger charge is 2.42. The first-order valence-electron chi connectivity index (χ1n) is 7.95. The van der Waals surface area contributed by atoms with Crippen molar-refractivity contribution in [3.05, 3.63) is 30.1 Å². The summed E-state index contributed by atoms with van der Waals surface area (Å²) < 4.78 is 0. The van der Waals surface area contributed by atoms with Crippen LogP contribution in [-0.2, 0) is 4.79 Å². The number of piperidine rings is 1. The van der Waals surface area contributed by atoms with Crippen LogP contribution in [-0.4, -0.2) is 33.9 Å². The zero-order chi connectivity index (χ0) is 14.4. The Morgan fingerprint density at radius 1 is 1.48 bits per heavy atom. The summed E-state index contributed by atoms with van der Waals surface area (Å²) in [4.78, 5) is 22.3. The van der Waals surface area contributed by atoms with E-state index in [0.717, 1.165) is 43.4 Å². The number of nitrogens with one attached hydrogen (secondary N) is 1. The van der Waals surface area contributed by atoms with Crippen molar-refractivity contribution in [2.45, 2.75) is 32.1 Å². The van der Waals surface area contributed by atoms with Gasteiger partial charge in [0.15, 0.2) is 0 Å². The summed E-state index contributed by atoms with van der Waals surface area (Å²) in [6.07, 6.45) is 5.14. The highest BCUT2D eigenvalue weighted by atomic mass is 16.2. The van der Waals surface area contributed by atoms with Crippen LogP contribution in [0.25, 0.3) is 11.0 Å². The number of fused-ring (bicyclic) bond motifs is 1. The summed E-state index contributed by atoms with van der Waals surface area (Å²) in [5, 5.41) is 1.16. The van der Waals surface area contributed by atoms with E-state index in [1.54, 1.807) is 0 Å². The number of aromatic nitrogens is 2. The van der Waals surface area contributed by atoms with E-state index >= 15 is 0 Å². The number of hydrogen-bond donors (Lipinski definition) is 1. The molecule has 2 aliphatic rings. The molecule has 1 saturated heterocycles. The minimum Gasteiger partial charge on any atom is -0.343 e. The van der Waals surface area contributed by atoms with Crippen LogP contribution in [0.5, 0.6) is 0 Å². The van der Waals surface area contributed by atoms with Crippen LogP contribution >= 0.6 is 0 Å². The van der Waals surface area contributed by atoms with Gasteiger partial charge in [-0.3, -0.25) is 4.79 Å². The van der Waals surface area contributed by atoms with Crippen molar-refractivity contribution in [1.29, 1.82) is 0 Å². The lowest BCUT2D eigenvalue weighted by atomic mass is 9.94. The van der Waals surface area contributed by atoms with Gasteiger partial charge in [-0.15, -0.1) is 0 Å². The largest absolute Gasteiger partial charge is 0.343 e. The first-order chi connectivity index (χ1) is 10.2. The van der Waals surface area contributed by atoms with Gasteiger partial charge in [0.2, 0.25) is 5.91 Å². The van der Waals surface area contributed by atoms with Crippen molar-refractivity contribution in [1.82, 2.24) is 14.9 Å². The molecule has 2 aromatic heterocycles. The van der Waals surface area contributed by atoms with Gasteiger partial charge in [-0.2, -0.15) is 0 Å². The van der Waals surface area contributed by atoms with Gasteiger partial charge in [0.05, 0.1) is 0 Å². The van der Waals surface area contributed by atoms with E-state index in [-0.39, 0.29) is 0 Å². The Bertz CT molecular complexity index is 644. The molecule has 4 heteroatoms. The van der Waals surface area contributed by atoms with Crippen LogP contribution in [0, 0.1) is 11.8 Å². The Labute approximate surface area is 124 Å². The molecular formula is C17H21N3O. The first kappa shape index (κ1) is 12.9. The number of aromatic amines is 1. The Morgan fingerprint density at radius 2 is 2.33 bits per heavy atom. The number of carbonyl (C=O) groups excluding carboxylic acids is 1. The molecule has 0 spiro atoms. The molecule has 3 atom stereocenters. The fourth-order valence-electron chi connectivity index (χ4n) is 3.53. The van der Waals surface area contributed by atoms with Gasteiger partial charge in [-0.25, -0.2) is 4.98 Å². The van der Waals surface area contributed by atoms with Gasteiger partial charge in [0, 0.05) is 42.2 Å². The molecule has 2 fully saturated rings. The first-order valence-corrected chi connectivity index (χ1v) is 7.95. The Hall–Kier alpha value is -1.84. The van der Waals surface area contributed by atoms with Gasteiger partial charge in [-0.05, 0) is 43.4 Å². The van der Waals surface area contributed by atoms with Crippen LogP contribution in [0.1, 0.15) is 37.8 Å². The maximum absolute atomic E-state index is 12.4. The molecule has 1 aliphatic heterocycles. The van der Waals surface area contributed by atoms with Gasteiger partial charge in [0.1, 0.15) is 5.65 Å². The maximum Gasteiger partial charge on any atom is 0.225 e. The lowest BCUT2D eigenvalue weighted by Crippen LogP contribution is -2.40. The number of H-pyrrole nitrogens is 1. The average Bonchev–Trinajstić information content (AvgIpc) is 3.09. The molecular weight excluding hydrogens is 262 g/mol. The number of pyridine rings is 1. The van der Waals surface area contributed by atoms with Gasteiger partial charge in [-0.1, -0.05) is 6.92 Å². The second-order valence-electron chi connectivity index (χ2n) is 6.61. The lowest BCUT2D eigenvalue weighted by molar-refractivity contribution is -0.134.